The Morgan fingerprint density at radius 2 is 2.20 bits per heavy atom. The van der Waals surface area contributed by atoms with Gasteiger partial charge in [0, 0.05) is 12.1 Å². The Kier molecular flexibility index (Phi) is 3.21. The molecule has 1 aliphatic rings. The number of aromatic hydroxyl groups is 1. The highest BCUT2D eigenvalue weighted by Crippen LogP contribution is 2.25. The van der Waals surface area contributed by atoms with Crippen molar-refractivity contribution in [2.45, 2.75) is 25.8 Å². The lowest BCUT2D eigenvalue weighted by atomic mass is 9.85. The van der Waals surface area contributed by atoms with E-state index in [0.717, 1.165) is 12.5 Å². The zero-order valence-corrected chi connectivity index (χ0v) is 8.67. The standard InChI is InChI=1S/C12H16FNO/c13-11-4-5-12(15)10(6-11)8-14-7-9-2-1-3-9/h4-6,9,14-15H,1-3,7-8H2. The Morgan fingerprint density at radius 1 is 1.40 bits per heavy atom. The predicted molar refractivity (Wildman–Crippen MR) is 57.1 cm³/mol. The Balaban J connectivity index is 1.83. The summed E-state index contributed by atoms with van der Waals surface area (Å²) in [4.78, 5) is 0. The normalized spacial score (nSPS) is 16.3. The summed E-state index contributed by atoms with van der Waals surface area (Å²) in [5, 5.41) is 12.7. The number of phenols is 1. The van der Waals surface area contributed by atoms with Crippen LogP contribution >= 0.6 is 0 Å². The minimum atomic E-state index is -0.298. The third-order valence-electron chi connectivity index (χ3n) is 3.01. The maximum Gasteiger partial charge on any atom is 0.123 e. The predicted octanol–water partition coefficient (Wildman–Crippen LogP) is 2.42. The molecule has 2 N–H and O–H groups in total. The van der Waals surface area contributed by atoms with E-state index >= 15 is 0 Å². The van der Waals surface area contributed by atoms with E-state index in [4.69, 9.17) is 0 Å². The number of hydrogen-bond donors (Lipinski definition) is 2. The van der Waals surface area contributed by atoms with Gasteiger partial charge in [-0.15, -0.1) is 0 Å². The van der Waals surface area contributed by atoms with Gasteiger partial charge < -0.3 is 10.4 Å². The van der Waals surface area contributed by atoms with Crippen LogP contribution in [0.25, 0.3) is 0 Å². The van der Waals surface area contributed by atoms with Gasteiger partial charge in [0.05, 0.1) is 0 Å². The van der Waals surface area contributed by atoms with Crippen molar-refractivity contribution in [2.24, 2.45) is 5.92 Å². The molecule has 3 heteroatoms. The van der Waals surface area contributed by atoms with Crippen LogP contribution in [0.5, 0.6) is 5.75 Å². The molecule has 1 aromatic carbocycles. The molecular weight excluding hydrogens is 193 g/mol. The number of rotatable bonds is 4. The zero-order chi connectivity index (χ0) is 10.7. The van der Waals surface area contributed by atoms with Crippen LogP contribution < -0.4 is 5.32 Å². The number of halogens is 1. The maximum absolute atomic E-state index is 12.9. The van der Waals surface area contributed by atoms with E-state index < -0.39 is 0 Å². The van der Waals surface area contributed by atoms with Crippen molar-refractivity contribution in [3.63, 3.8) is 0 Å². The molecule has 0 aromatic heterocycles. The Hall–Kier alpha value is -1.09. The molecule has 1 saturated carbocycles. The van der Waals surface area contributed by atoms with E-state index in [1.54, 1.807) is 0 Å². The summed E-state index contributed by atoms with van der Waals surface area (Å²) in [7, 11) is 0. The van der Waals surface area contributed by atoms with Crippen molar-refractivity contribution in [2.75, 3.05) is 6.54 Å². The topological polar surface area (TPSA) is 32.3 Å². The highest BCUT2D eigenvalue weighted by atomic mass is 19.1. The van der Waals surface area contributed by atoms with Crippen molar-refractivity contribution in [3.05, 3.63) is 29.6 Å². The van der Waals surface area contributed by atoms with E-state index in [2.05, 4.69) is 5.32 Å². The molecule has 0 saturated heterocycles. The van der Waals surface area contributed by atoms with Crippen molar-refractivity contribution in [1.29, 1.82) is 0 Å². The van der Waals surface area contributed by atoms with Crippen LogP contribution in [0.15, 0.2) is 18.2 Å². The molecule has 0 unspecified atom stereocenters. The molecule has 0 bridgehead atoms. The quantitative estimate of drug-likeness (QED) is 0.798. The van der Waals surface area contributed by atoms with Crippen LogP contribution in [-0.4, -0.2) is 11.7 Å². The van der Waals surface area contributed by atoms with Gasteiger partial charge in [-0.05, 0) is 43.5 Å². The molecule has 0 aliphatic heterocycles. The molecule has 2 rings (SSSR count). The summed E-state index contributed by atoms with van der Waals surface area (Å²) in [5.74, 6) is 0.645. The molecule has 0 spiro atoms. The maximum atomic E-state index is 12.9. The Bertz CT molecular complexity index is 336. The second-order valence-corrected chi connectivity index (χ2v) is 4.20. The second kappa shape index (κ2) is 4.62. The van der Waals surface area contributed by atoms with Gasteiger partial charge in [0.25, 0.3) is 0 Å². The first-order chi connectivity index (χ1) is 7.25. The lowest BCUT2D eigenvalue weighted by Crippen LogP contribution is -2.26. The first kappa shape index (κ1) is 10.4. The molecular formula is C12H16FNO. The van der Waals surface area contributed by atoms with Crippen molar-refractivity contribution >= 4 is 0 Å². The summed E-state index contributed by atoms with van der Waals surface area (Å²) in [6, 6.07) is 4.05. The molecule has 2 nitrogen and oxygen atoms in total. The second-order valence-electron chi connectivity index (χ2n) is 4.20. The van der Waals surface area contributed by atoms with E-state index in [0.29, 0.717) is 12.1 Å². The fraction of sp³-hybridized carbons (Fsp3) is 0.500. The SMILES string of the molecule is Oc1ccc(F)cc1CNCC1CCC1. The number of benzene rings is 1. The van der Waals surface area contributed by atoms with Gasteiger partial charge >= 0.3 is 0 Å². The zero-order valence-electron chi connectivity index (χ0n) is 8.67. The van der Waals surface area contributed by atoms with Gasteiger partial charge in [0.1, 0.15) is 11.6 Å². The molecule has 82 valence electrons. The molecule has 0 amide bonds. The summed E-state index contributed by atoms with van der Waals surface area (Å²) in [6.45, 7) is 1.51. The van der Waals surface area contributed by atoms with Gasteiger partial charge in [-0.25, -0.2) is 4.39 Å². The van der Waals surface area contributed by atoms with Crippen LogP contribution in [0.4, 0.5) is 4.39 Å². The van der Waals surface area contributed by atoms with Crippen molar-refractivity contribution in [1.82, 2.24) is 5.32 Å². The summed E-state index contributed by atoms with van der Waals surface area (Å²) in [5.41, 5.74) is 0.634. The third-order valence-corrected chi connectivity index (χ3v) is 3.01. The van der Waals surface area contributed by atoms with Crippen LogP contribution in [0.3, 0.4) is 0 Å². The van der Waals surface area contributed by atoms with Crippen LogP contribution in [0.1, 0.15) is 24.8 Å². The van der Waals surface area contributed by atoms with Gasteiger partial charge in [-0.3, -0.25) is 0 Å². The number of phenolic OH excluding ortho intramolecular Hbond substituents is 1. The molecule has 1 aromatic rings. The Labute approximate surface area is 89.1 Å². The lowest BCUT2D eigenvalue weighted by Gasteiger charge is -2.25. The lowest BCUT2D eigenvalue weighted by molar-refractivity contribution is 0.300. The monoisotopic (exact) mass is 209 g/mol. The van der Waals surface area contributed by atoms with E-state index in [-0.39, 0.29) is 11.6 Å². The molecule has 15 heavy (non-hydrogen) atoms. The largest absolute Gasteiger partial charge is 0.508 e. The summed E-state index contributed by atoms with van der Waals surface area (Å²) < 4.78 is 12.9. The number of hydrogen-bond acceptors (Lipinski definition) is 2. The van der Waals surface area contributed by atoms with E-state index in [1.807, 2.05) is 0 Å². The highest BCUT2D eigenvalue weighted by molar-refractivity contribution is 5.32. The Morgan fingerprint density at radius 3 is 2.87 bits per heavy atom. The fourth-order valence-corrected chi connectivity index (χ4v) is 1.80. The average molecular weight is 209 g/mol. The van der Waals surface area contributed by atoms with Crippen LogP contribution in [0.2, 0.25) is 0 Å². The first-order valence-corrected chi connectivity index (χ1v) is 5.44. The van der Waals surface area contributed by atoms with Crippen molar-refractivity contribution in [3.8, 4) is 5.75 Å². The van der Waals surface area contributed by atoms with Gasteiger partial charge in [0.2, 0.25) is 0 Å². The summed E-state index contributed by atoms with van der Waals surface area (Å²) in [6.07, 6.45) is 3.92. The fourth-order valence-electron chi connectivity index (χ4n) is 1.80. The van der Waals surface area contributed by atoms with E-state index in [1.165, 1.54) is 37.5 Å². The van der Waals surface area contributed by atoms with Gasteiger partial charge in [-0.1, -0.05) is 6.42 Å². The van der Waals surface area contributed by atoms with Gasteiger partial charge in [-0.2, -0.15) is 0 Å². The molecule has 0 atom stereocenters. The van der Waals surface area contributed by atoms with Crippen molar-refractivity contribution < 1.29 is 9.50 Å². The molecule has 0 radical (unpaired) electrons. The average Bonchev–Trinajstić information content (AvgIpc) is 2.15. The third kappa shape index (κ3) is 2.69. The summed E-state index contributed by atoms with van der Waals surface area (Å²) >= 11 is 0. The molecule has 1 aliphatic carbocycles. The minimum absolute atomic E-state index is 0.164. The molecule has 1 fully saturated rings. The number of nitrogens with one attached hydrogen (secondary N) is 1. The van der Waals surface area contributed by atoms with E-state index in [9.17, 15) is 9.50 Å². The smallest absolute Gasteiger partial charge is 0.123 e. The molecule has 0 heterocycles. The first-order valence-electron chi connectivity index (χ1n) is 5.44. The van der Waals surface area contributed by atoms with Crippen LogP contribution in [0, 0.1) is 11.7 Å². The van der Waals surface area contributed by atoms with Gasteiger partial charge in [0.15, 0.2) is 0 Å². The van der Waals surface area contributed by atoms with Crippen LogP contribution in [-0.2, 0) is 6.54 Å². The highest BCUT2D eigenvalue weighted by Gasteiger charge is 2.16. The minimum Gasteiger partial charge on any atom is -0.508 e.